The van der Waals surface area contributed by atoms with Gasteiger partial charge in [-0.1, -0.05) is 12.1 Å². The van der Waals surface area contributed by atoms with Gasteiger partial charge < -0.3 is 4.90 Å². The van der Waals surface area contributed by atoms with Crippen molar-refractivity contribution in [3.05, 3.63) is 70.0 Å². The maximum absolute atomic E-state index is 13.4. The van der Waals surface area contributed by atoms with Crippen LogP contribution in [0.5, 0.6) is 0 Å². The molecule has 1 fully saturated rings. The molecule has 28 heavy (non-hydrogen) atoms. The first-order valence-corrected chi connectivity index (χ1v) is 9.76. The molecular weight excluding hydrogens is 386 g/mol. The maximum atomic E-state index is 13.4. The van der Waals surface area contributed by atoms with Crippen LogP contribution in [0.2, 0.25) is 0 Å². The largest absolute Gasteiger partial charge is 0.331 e. The van der Waals surface area contributed by atoms with Gasteiger partial charge in [-0.05, 0) is 29.8 Å². The van der Waals surface area contributed by atoms with Crippen LogP contribution in [0.1, 0.15) is 5.56 Å². The first kappa shape index (κ1) is 18.4. The lowest BCUT2D eigenvalue weighted by atomic mass is 10.1. The van der Waals surface area contributed by atoms with E-state index < -0.39 is 23.1 Å². The third kappa shape index (κ3) is 3.70. The Morgan fingerprint density at radius 1 is 1.18 bits per heavy atom. The highest BCUT2D eigenvalue weighted by Crippen LogP contribution is 2.21. The second kappa shape index (κ2) is 7.59. The fraction of sp³-hybridized carbons (Fsp3) is 0.211. The van der Waals surface area contributed by atoms with E-state index in [1.807, 2.05) is 4.90 Å². The van der Waals surface area contributed by atoms with Gasteiger partial charge in [-0.2, -0.15) is 4.68 Å². The van der Waals surface area contributed by atoms with Crippen LogP contribution >= 0.6 is 11.8 Å². The van der Waals surface area contributed by atoms with E-state index in [0.29, 0.717) is 29.3 Å². The summed E-state index contributed by atoms with van der Waals surface area (Å²) in [7, 11) is 0. The molecule has 1 amide bonds. The Balaban J connectivity index is 1.70. The van der Waals surface area contributed by atoms with E-state index in [1.54, 1.807) is 36.0 Å². The Bertz CT molecular complexity index is 1090. The van der Waals surface area contributed by atoms with Crippen LogP contribution in [-0.4, -0.2) is 33.7 Å². The van der Waals surface area contributed by atoms with Gasteiger partial charge in [-0.3, -0.25) is 15.0 Å². The lowest BCUT2D eigenvalue weighted by Gasteiger charge is -2.21. The van der Waals surface area contributed by atoms with E-state index in [2.05, 4.69) is 10.4 Å². The van der Waals surface area contributed by atoms with Crippen molar-refractivity contribution in [2.24, 2.45) is 0 Å². The van der Waals surface area contributed by atoms with Crippen molar-refractivity contribution in [3.63, 3.8) is 0 Å². The molecule has 0 bridgehead atoms. The summed E-state index contributed by atoms with van der Waals surface area (Å²) >= 11 is 1.70. The molecule has 6 nitrogen and oxygen atoms in total. The van der Waals surface area contributed by atoms with Gasteiger partial charge in [0.1, 0.15) is 11.6 Å². The first-order chi connectivity index (χ1) is 13.5. The number of aromatic nitrogens is 2. The minimum atomic E-state index is -0.762. The summed E-state index contributed by atoms with van der Waals surface area (Å²) in [5.74, 6) is -0.219. The first-order valence-electron chi connectivity index (χ1n) is 8.60. The molecule has 1 N–H and O–H groups in total. The highest BCUT2D eigenvalue weighted by molar-refractivity contribution is 7.99. The average Bonchev–Trinajstić information content (AvgIpc) is 3.17. The number of fused-ring (bicyclic) bond motifs is 1. The van der Waals surface area contributed by atoms with E-state index in [-0.39, 0.29) is 12.0 Å². The fourth-order valence-corrected chi connectivity index (χ4v) is 4.01. The zero-order valence-corrected chi connectivity index (χ0v) is 15.5. The summed E-state index contributed by atoms with van der Waals surface area (Å²) in [4.78, 5) is 31.9. The molecule has 144 valence electrons. The van der Waals surface area contributed by atoms with Crippen molar-refractivity contribution in [2.75, 3.05) is 28.5 Å². The monoisotopic (exact) mass is 402 g/mol. The highest BCUT2D eigenvalue weighted by atomic mass is 32.2. The number of hydrogen-bond donors (Lipinski definition) is 1. The predicted molar refractivity (Wildman–Crippen MR) is 105 cm³/mol. The maximum Gasteiger partial charge on any atom is 0.281 e. The van der Waals surface area contributed by atoms with Gasteiger partial charge in [-0.25, -0.2) is 13.8 Å². The third-order valence-electron chi connectivity index (χ3n) is 4.32. The molecule has 0 saturated carbocycles. The summed E-state index contributed by atoms with van der Waals surface area (Å²) in [6.07, 6.45) is -0.276. The second-order valence-electron chi connectivity index (χ2n) is 6.36. The summed E-state index contributed by atoms with van der Waals surface area (Å²) in [6, 6.07) is 9.80. The molecule has 0 unspecified atom stereocenters. The molecule has 1 aliphatic rings. The zero-order chi connectivity index (χ0) is 19.7. The van der Waals surface area contributed by atoms with Crippen LogP contribution < -0.4 is 15.9 Å². The van der Waals surface area contributed by atoms with Crippen molar-refractivity contribution in [2.45, 2.75) is 6.42 Å². The van der Waals surface area contributed by atoms with Crippen molar-refractivity contribution in [1.82, 2.24) is 9.66 Å². The molecule has 9 heteroatoms. The van der Waals surface area contributed by atoms with Gasteiger partial charge in [0.05, 0.1) is 23.2 Å². The van der Waals surface area contributed by atoms with E-state index in [0.717, 1.165) is 28.6 Å². The van der Waals surface area contributed by atoms with Crippen LogP contribution in [-0.2, 0) is 11.2 Å². The van der Waals surface area contributed by atoms with Crippen LogP contribution in [0.4, 0.5) is 14.7 Å². The number of nitrogens with one attached hydrogen (secondary N) is 1. The van der Waals surface area contributed by atoms with Gasteiger partial charge in [0.25, 0.3) is 5.56 Å². The number of hydrogen-bond acceptors (Lipinski definition) is 5. The average molecular weight is 402 g/mol. The van der Waals surface area contributed by atoms with Crippen molar-refractivity contribution in [1.29, 1.82) is 0 Å². The van der Waals surface area contributed by atoms with Crippen LogP contribution in [0.3, 0.4) is 0 Å². The van der Waals surface area contributed by atoms with E-state index >= 15 is 0 Å². The number of carbonyl (C=O) groups is 1. The van der Waals surface area contributed by atoms with E-state index in [4.69, 9.17) is 0 Å². The zero-order valence-electron chi connectivity index (χ0n) is 14.7. The van der Waals surface area contributed by atoms with Gasteiger partial charge in [-0.15, -0.1) is 11.8 Å². The lowest BCUT2D eigenvalue weighted by molar-refractivity contribution is -0.116. The second-order valence-corrected chi connectivity index (χ2v) is 7.43. The molecule has 1 saturated heterocycles. The molecule has 0 aliphatic carbocycles. The Labute approximate surface area is 163 Å². The smallest absolute Gasteiger partial charge is 0.281 e. The molecule has 3 aromatic rings. The predicted octanol–water partition coefficient (Wildman–Crippen LogP) is 2.50. The number of benzene rings is 2. The normalized spacial score (nSPS) is 13.9. The van der Waals surface area contributed by atoms with Crippen molar-refractivity contribution >= 4 is 34.5 Å². The summed E-state index contributed by atoms with van der Waals surface area (Å²) in [5, 5.41) is 0.371. The summed E-state index contributed by atoms with van der Waals surface area (Å²) in [6.45, 7) is 0.695. The van der Waals surface area contributed by atoms with Crippen LogP contribution in [0.15, 0.2) is 47.3 Å². The fourth-order valence-electron chi connectivity index (χ4n) is 3.07. The molecule has 1 aromatic heterocycles. The summed E-state index contributed by atoms with van der Waals surface area (Å²) in [5.41, 5.74) is 2.85. The van der Waals surface area contributed by atoms with Crippen molar-refractivity contribution in [3.8, 4) is 0 Å². The number of para-hydroxylation sites is 1. The molecule has 1 aliphatic heterocycles. The Morgan fingerprint density at radius 2 is 1.93 bits per heavy atom. The third-order valence-corrected chi connectivity index (χ3v) is 5.28. The number of carbonyl (C=O) groups excluding carboxylic acids is 1. The summed E-state index contributed by atoms with van der Waals surface area (Å²) < 4.78 is 27.9. The van der Waals surface area contributed by atoms with Gasteiger partial charge >= 0.3 is 0 Å². The lowest BCUT2D eigenvalue weighted by Crippen LogP contribution is -2.39. The van der Waals surface area contributed by atoms with E-state index in [1.165, 1.54) is 0 Å². The topological polar surface area (TPSA) is 67.2 Å². The molecule has 0 atom stereocenters. The quantitative estimate of drug-likeness (QED) is 0.726. The van der Waals surface area contributed by atoms with E-state index in [9.17, 15) is 18.4 Å². The number of rotatable bonds is 4. The van der Waals surface area contributed by atoms with Gasteiger partial charge in [0.15, 0.2) is 0 Å². The molecule has 2 aromatic carbocycles. The molecular formula is C19H16F2N4O2S. The highest BCUT2D eigenvalue weighted by Gasteiger charge is 2.21. The van der Waals surface area contributed by atoms with Crippen LogP contribution in [0, 0.1) is 11.6 Å². The Morgan fingerprint density at radius 3 is 2.64 bits per heavy atom. The SMILES string of the molecule is O=C(Cc1cc(F)cc(F)c1)Nn1c(N2CCSC2)nc2ccccc2c1=O. The number of nitrogens with zero attached hydrogens (tertiary/aromatic N) is 3. The number of amides is 1. The molecule has 2 heterocycles. The minimum Gasteiger partial charge on any atom is -0.331 e. The Kier molecular flexibility index (Phi) is 4.99. The number of halogens is 2. The van der Waals surface area contributed by atoms with Crippen LogP contribution in [0.25, 0.3) is 10.9 Å². The molecule has 4 rings (SSSR count). The molecule has 0 spiro atoms. The standard InChI is InChI=1S/C19H16F2N4O2S/c20-13-7-12(8-14(21)10-13)9-17(26)23-25-18(27)15-3-1-2-4-16(15)22-19(25)24-5-6-28-11-24/h1-4,7-8,10H,5-6,9,11H2,(H,23,26). The van der Waals surface area contributed by atoms with Gasteiger partial charge in [0, 0.05) is 18.4 Å². The number of thioether (sulfide) groups is 1. The van der Waals surface area contributed by atoms with Gasteiger partial charge in [0.2, 0.25) is 11.9 Å². The number of anilines is 1. The molecule has 0 radical (unpaired) electrons. The minimum absolute atomic E-state index is 0.176. The Hall–Kier alpha value is -2.94. The van der Waals surface area contributed by atoms with Crippen molar-refractivity contribution < 1.29 is 13.6 Å².